The molecule has 0 heterocycles. The van der Waals surface area contributed by atoms with Gasteiger partial charge in [-0.25, -0.2) is 0 Å². The predicted octanol–water partition coefficient (Wildman–Crippen LogP) is 6.12. The zero-order chi connectivity index (χ0) is 21.3. The molecule has 3 rings (SSSR count). The topological polar surface area (TPSA) is 47.6 Å². The smallest absolute Gasteiger partial charge is 0.251 e. The monoisotopic (exact) mass is 409 g/mol. The maximum absolute atomic E-state index is 12.9. The van der Waals surface area contributed by atoms with E-state index >= 15 is 0 Å². The van der Waals surface area contributed by atoms with E-state index in [2.05, 4.69) is 25.2 Å². The Balaban J connectivity index is 1.70. The van der Waals surface area contributed by atoms with Gasteiger partial charge in [0.2, 0.25) is 0 Å². The largest absolute Gasteiger partial charge is 0.493 e. The van der Waals surface area contributed by atoms with E-state index in [0.717, 1.165) is 29.9 Å². The molecule has 0 aromatic heterocycles. The highest BCUT2D eigenvalue weighted by molar-refractivity contribution is 5.94. The summed E-state index contributed by atoms with van der Waals surface area (Å²) in [4.78, 5) is 12.9. The van der Waals surface area contributed by atoms with Crippen LogP contribution in [0, 0.1) is 13.8 Å². The normalized spacial score (nSPS) is 15.2. The highest BCUT2D eigenvalue weighted by atomic mass is 16.5. The van der Waals surface area contributed by atoms with Gasteiger partial charge in [0.15, 0.2) is 0 Å². The predicted molar refractivity (Wildman–Crippen MR) is 121 cm³/mol. The van der Waals surface area contributed by atoms with Crippen LogP contribution in [0.25, 0.3) is 0 Å². The van der Waals surface area contributed by atoms with Crippen molar-refractivity contribution in [1.29, 1.82) is 0 Å². The number of aryl methyl sites for hydroxylation is 2. The molecule has 0 spiro atoms. The Bertz CT molecular complexity index is 838. The van der Waals surface area contributed by atoms with Gasteiger partial charge in [0.1, 0.15) is 18.1 Å². The fraction of sp³-hybridized carbons (Fsp3) is 0.500. The molecule has 0 aliphatic heterocycles. The van der Waals surface area contributed by atoms with Crippen LogP contribution in [-0.2, 0) is 6.61 Å². The number of carbonyl (C=O) groups excluding carboxylic acids is 1. The second kappa shape index (κ2) is 11.1. The summed E-state index contributed by atoms with van der Waals surface area (Å²) in [7, 11) is 0. The van der Waals surface area contributed by atoms with Gasteiger partial charge < -0.3 is 14.8 Å². The molecule has 30 heavy (non-hydrogen) atoms. The summed E-state index contributed by atoms with van der Waals surface area (Å²) in [5, 5.41) is 3.25. The van der Waals surface area contributed by atoms with E-state index in [4.69, 9.17) is 9.47 Å². The van der Waals surface area contributed by atoms with Crippen molar-refractivity contribution in [2.24, 2.45) is 0 Å². The number of hydrogen-bond acceptors (Lipinski definition) is 3. The van der Waals surface area contributed by atoms with Crippen LogP contribution >= 0.6 is 0 Å². The quantitative estimate of drug-likeness (QED) is 0.599. The van der Waals surface area contributed by atoms with E-state index < -0.39 is 0 Å². The maximum atomic E-state index is 12.9. The fourth-order valence-corrected chi connectivity index (χ4v) is 3.96. The van der Waals surface area contributed by atoms with Crippen LogP contribution in [0.2, 0.25) is 0 Å². The van der Waals surface area contributed by atoms with Crippen molar-refractivity contribution < 1.29 is 14.3 Å². The molecule has 1 amide bonds. The van der Waals surface area contributed by atoms with Gasteiger partial charge in [0.25, 0.3) is 5.91 Å². The number of rotatable bonds is 7. The molecule has 2 aromatic rings. The Labute approximate surface area is 181 Å². The molecule has 1 aliphatic rings. The second-order valence-corrected chi connectivity index (χ2v) is 8.31. The van der Waals surface area contributed by atoms with Crippen molar-refractivity contribution in [2.75, 3.05) is 6.61 Å². The molecule has 0 atom stereocenters. The summed E-state index contributed by atoms with van der Waals surface area (Å²) >= 11 is 0. The fourth-order valence-electron chi connectivity index (χ4n) is 3.96. The van der Waals surface area contributed by atoms with Gasteiger partial charge in [-0.1, -0.05) is 38.2 Å². The summed E-state index contributed by atoms with van der Waals surface area (Å²) in [6.07, 6.45) is 8.41. The average Bonchev–Trinajstić information content (AvgIpc) is 2.71. The van der Waals surface area contributed by atoms with Crippen molar-refractivity contribution in [1.82, 2.24) is 5.32 Å². The van der Waals surface area contributed by atoms with Crippen molar-refractivity contribution in [2.45, 2.75) is 78.4 Å². The molecule has 0 radical (unpaired) electrons. The summed E-state index contributed by atoms with van der Waals surface area (Å²) < 4.78 is 11.8. The summed E-state index contributed by atoms with van der Waals surface area (Å²) in [6.45, 7) is 7.06. The Morgan fingerprint density at radius 1 is 0.933 bits per heavy atom. The third kappa shape index (κ3) is 6.25. The minimum absolute atomic E-state index is 0.00366. The molecule has 2 aromatic carbocycles. The third-order valence-electron chi connectivity index (χ3n) is 5.94. The van der Waals surface area contributed by atoms with Crippen LogP contribution in [0.5, 0.6) is 11.5 Å². The van der Waals surface area contributed by atoms with E-state index in [0.29, 0.717) is 18.8 Å². The zero-order valence-corrected chi connectivity index (χ0v) is 18.6. The first-order valence-corrected chi connectivity index (χ1v) is 11.3. The molecule has 0 unspecified atom stereocenters. The molecule has 1 N–H and O–H groups in total. The van der Waals surface area contributed by atoms with Gasteiger partial charge in [0, 0.05) is 17.2 Å². The summed E-state index contributed by atoms with van der Waals surface area (Å²) in [6, 6.07) is 12.0. The number of benzene rings is 2. The number of hydrogen-bond donors (Lipinski definition) is 1. The molecular formula is C26H35NO3. The van der Waals surface area contributed by atoms with Crippen molar-refractivity contribution in [3.8, 4) is 11.5 Å². The molecule has 0 saturated heterocycles. The van der Waals surface area contributed by atoms with Gasteiger partial charge in [-0.05, 0) is 75.1 Å². The Hall–Kier alpha value is -2.49. The van der Waals surface area contributed by atoms with Crippen LogP contribution in [0.15, 0.2) is 36.4 Å². The molecule has 0 bridgehead atoms. The molecule has 1 fully saturated rings. The van der Waals surface area contributed by atoms with Crippen LogP contribution < -0.4 is 14.8 Å². The minimum Gasteiger partial charge on any atom is -0.493 e. The highest BCUT2D eigenvalue weighted by Crippen LogP contribution is 2.24. The molecular weight excluding hydrogens is 374 g/mol. The van der Waals surface area contributed by atoms with Crippen molar-refractivity contribution >= 4 is 5.91 Å². The van der Waals surface area contributed by atoms with E-state index in [9.17, 15) is 4.79 Å². The maximum Gasteiger partial charge on any atom is 0.251 e. The number of amides is 1. The molecule has 4 heteroatoms. The van der Waals surface area contributed by atoms with Crippen LogP contribution in [-0.4, -0.2) is 18.6 Å². The first-order valence-electron chi connectivity index (χ1n) is 11.3. The van der Waals surface area contributed by atoms with Crippen LogP contribution in [0.4, 0.5) is 0 Å². The average molecular weight is 410 g/mol. The van der Waals surface area contributed by atoms with Crippen molar-refractivity contribution in [3.05, 3.63) is 58.7 Å². The lowest BCUT2D eigenvalue weighted by atomic mass is 9.96. The first-order chi connectivity index (χ1) is 14.6. The lowest BCUT2D eigenvalue weighted by molar-refractivity contribution is 0.0930. The number of ether oxygens (including phenoxy) is 2. The molecule has 1 saturated carbocycles. The molecule has 1 aliphatic carbocycles. The van der Waals surface area contributed by atoms with Crippen LogP contribution in [0.1, 0.15) is 78.9 Å². The molecule has 162 valence electrons. The SMILES string of the molecule is CCOc1ccc(C(=O)NC2CCCCCCC2)cc1COc1ccc(C)c(C)c1. The van der Waals surface area contributed by atoms with Gasteiger partial charge >= 0.3 is 0 Å². The number of carbonyl (C=O) groups is 1. The van der Waals surface area contributed by atoms with Crippen molar-refractivity contribution in [3.63, 3.8) is 0 Å². The minimum atomic E-state index is -0.00366. The van der Waals surface area contributed by atoms with Gasteiger partial charge in [0.05, 0.1) is 6.61 Å². The third-order valence-corrected chi connectivity index (χ3v) is 5.94. The van der Waals surface area contributed by atoms with Gasteiger partial charge in [-0.3, -0.25) is 4.79 Å². The van der Waals surface area contributed by atoms with E-state index in [1.54, 1.807) is 0 Å². The second-order valence-electron chi connectivity index (χ2n) is 8.31. The standard InChI is InChI=1S/C26H35NO3/c1-4-29-25-15-13-21(26(28)27-23-10-8-6-5-7-9-11-23)17-22(25)18-30-24-14-12-19(2)20(3)16-24/h12-17,23H,4-11,18H2,1-3H3,(H,27,28). The number of nitrogens with one attached hydrogen (secondary N) is 1. The van der Waals surface area contributed by atoms with Crippen LogP contribution in [0.3, 0.4) is 0 Å². The lowest BCUT2D eigenvalue weighted by Crippen LogP contribution is -2.35. The Morgan fingerprint density at radius 3 is 2.37 bits per heavy atom. The zero-order valence-electron chi connectivity index (χ0n) is 18.6. The summed E-state index contributed by atoms with van der Waals surface area (Å²) in [5.74, 6) is 1.59. The first kappa shape index (κ1) is 22.2. The Kier molecular flexibility index (Phi) is 8.18. The lowest BCUT2D eigenvalue weighted by Gasteiger charge is -2.21. The summed E-state index contributed by atoms with van der Waals surface area (Å²) in [5.41, 5.74) is 4.00. The highest BCUT2D eigenvalue weighted by Gasteiger charge is 2.17. The Morgan fingerprint density at radius 2 is 1.67 bits per heavy atom. The van der Waals surface area contributed by atoms with E-state index in [-0.39, 0.29) is 11.9 Å². The van der Waals surface area contributed by atoms with E-state index in [1.165, 1.54) is 43.2 Å². The molecule has 4 nitrogen and oxygen atoms in total. The van der Waals surface area contributed by atoms with E-state index in [1.807, 2.05) is 37.3 Å². The van der Waals surface area contributed by atoms with Gasteiger partial charge in [-0.2, -0.15) is 0 Å². The van der Waals surface area contributed by atoms with Gasteiger partial charge in [-0.15, -0.1) is 0 Å².